The number of carbonyl (C=O) groups excluding carboxylic acids is 1. The minimum Gasteiger partial charge on any atom is -0.478 e. The Bertz CT molecular complexity index is 520. The number of carboxylic acids is 2. The van der Waals surface area contributed by atoms with Gasteiger partial charge in [0.25, 0.3) is 0 Å². The van der Waals surface area contributed by atoms with Gasteiger partial charge in [-0.05, 0) is 18.2 Å². The van der Waals surface area contributed by atoms with Crippen LogP contribution in [-0.2, 0) is 4.74 Å². The molecular formula is C12H8O6. The first-order chi connectivity index (χ1) is 8.45. The van der Waals surface area contributed by atoms with Gasteiger partial charge in [0.2, 0.25) is 0 Å². The third-order valence-corrected chi connectivity index (χ3v) is 1.95. The van der Waals surface area contributed by atoms with Crippen molar-refractivity contribution in [3.8, 4) is 12.3 Å². The van der Waals surface area contributed by atoms with Crippen LogP contribution in [0.4, 0.5) is 0 Å². The molecule has 0 aliphatic rings. The van der Waals surface area contributed by atoms with Crippen LogP contribution >= 0.6 is 0 Å². The molecule has 0 radical (unpaired) electrons. The summed E-state index contributed by atoms with van der Waals surface area (Å²) in [7, 11) is 0. The number of hydrogen-bond acceptors (Lipinski definition) is 4. The highest BCUT2D eigenvalue weighted by molar-refractivity contribution is 5.99. The number of aromatic carboxylic acids is 2. The third kappa shape index (κ3) is 3.09. The molecule has 0 aliphatic carbocycles. The standard InChI is InChI=1S/C12H8O6/c1-2-3-18-12(17)9-5-7(10(13)14)4-8(6-9)11(15)16/h1,4-6H,3H2,(H,13,14)(H,15,16). The molecule has 0 aromatic heterocycles. The predicted octanol–water partition coefficient (Wildman–Crippen LogP) is 0.873. The van der Waals surface area contributed by atoms with E-state index in [0.29, 0.717) is 0 Å². The van der Waals surface area contributed by atoms with Gasteiger partial charge in [-0.2, -0.15) is 0 Å². The SMILES string of the molecule is C#CCOC(=O)c1cc(C(=O)O)cc(C(=O)O)c1. The molecule has 0 atom stereocenters. The van der Waals surface area contributed by atoms with Crippen LogP contribution in [0.25, 0.3) is 0 Å². The topological polar surface area (TPSA) is 101 Å². The van der Waals surface area contributed by atoms with Gasteiger partial charge in [0.15, 0.2) is 6.61 Å². The average Bonchev–Trinajstić information content (AvgIpc) is 2.35. The molecule has 0 amide bonds. The van der Waals surface area contributed by atoms with Crippen molar-refractivity contribution in [2.24, 2.45) is 0 Å². The van der Waals surface area contributed by atoms with E-state index in [0.717, 1.165) is 18.2 Å². The van der Waals surface area contributed by atoms with Crippen LogP contribution in [0.1, 0.15) is 31.1 Å². The van der Waals surface area contributed by atoms with Gasteiger partial charge in [-0.3, -0.25) is 0 Å². The van der Waals surface area contributed by atoms with E-state index in [1.165, 1.54) is 0 Å². The van der Waals surface area contributed by atoms with E-state index >= 15 is 0 Å². The van der Waals surface area contributed by atoms with Crippen LogP contribution in [0.5, 0.6) is 0 Å². The number of carbonyl (C=O) groups is 3. The first kappa shape index (κ1) is 13.3. The Kier molecular flexibility index (Phi) is 4.05. The smallest absolute Gasteiger partial charge is 0.339 e. The second-order valence-corrected chi connectivity index (χ2v) is 3.19. The summed E-state index contributed by atoms with van der Waals surface area (Å²) in [6.45, 7) is -0.279. The molecule has 0 heterocycles. The van der Waals surface area contributed by atoms with Crippen LogP contribution in [0.15, 0.2) is 18.2 Å². The van der Waals surface area contributed by atoms with Crippen LogP contribution in [-0.4, -0.2) is 34.7 Å². The summed E-state index contributed by atoms with van der Waals surface area (Å²) in [5.41, 5.74) is -0.812. The van der Waals surface area contributed by atoms with E-state index in [1.807, 2.05) is 0 Å². The average molecular weight is 248 g/mol. The van der Waals surface area contributed by atoms with Crippen LogP contribution in [0.3, 0.4) is 0 Å². The predicted molar refractivity (Wildman–Crippen MR) is 59.5 cm³/mol. The number of ether oxygens (including phenoxy) is 1. The van der Waals surface area contributed by atoms with Gasteiger partial charge in [-0.25, -0.2) is 14.4 Å². The van der Waals surface area contributed by atoms with Crippen molar-refractivity contribution in [3.05, 3.63) is 34.9 Å². The maximum absolute atomic E-state index is 11.4. The Morgan fingerprint density at radius 3 is 1.89 bits per heavy atom. The molecule has 92 valence electrons. The van der Waals surface area contributed by atoms with Crippen molar-refractivity contribution < 1.29 is 29.3 Å². The van der Waals surface area contributed by atoms with Gasteiger partial charge >= 0.3 is 17.9 Å². The number of carboxylic acid groups (broad SMARTS) is 2. The van der Waals surface area contributed by atoms with Gasteiger partial charge in [0.1, 0.15) is 0 Å². The molecule has 0 aliphatic heterocycles. The third-order valence-electron chi connectivity index (χ3n) is 1.95. The number of esters is 1. The Balaban J connectivity index is 3.19. The number of terminal acetylenes is 1. The van der Waals surface area contributed by atoms with Gasteiger partial charge in [-0.1, -0.05) is 5.92 Å². The summed E-state index contributed by atoms with van der Waals surface area (Å²) >= 11 is 0. The van der Waals surface area contributed by atoms with E-state index in [-0.39, 0.29) is 23.3 Å². The summed E-state index contributed by atoms with van der Waals surface area (Å²) in [4.78, 5) is 33.0. The molecule has 1 aromatic rings. The molecule has 2 N–H and O–H groups in total. The quantitative estimate of drug-likeness (QED) is 0.605. The van der Waals surface area contributed by atoms with E-state index in [9.17, 15) is 14.4 Å². The molecule has 18 heavy (non-hydrogen) atoms. The lowest BCUT2D eigenvalue weighted by atomic mass is 10.1. The molecule has 0 fully saturated rings. The summed E-state index contributed by atoms with van der Waals surface area (Å²) < 4.78 is 4.59. The van der Waals surface area contributed by atoms with E-state index in [1.54, 1.807) is 0 Å². The van der Waals surface area contributed by atoms with Crippen LogP contribution < -0.4 is 0 Å². The van der Waals surface area contributed by atoms with Gasteiger partial charge in [-0.15, -0.1) is 6.42 Å². The summed E-state index contributed by atoms with van der Waals surface area (Å²) in [5.74, 6) is -1.50. The number of benzene rings is 1. The maximum atomic E-state index is 11.4. The van der Waals surface area contributed by atoms with Crippen molar-refractivity contribution in [1.29, 1.82) is 0 Å². The largest absolute Gasteiger partial charge is 0.478 e. The lowest BCUT2D eigenvalue weighted by Gasteiger charge is -2.04. The molecule has 1 rings (SSSR count). The van der Waals surface area contributed by atoms with Crippen LogP contribution in [0.2, 0.25) is 0 Å². The molecule has 0 saturated carbocycles. The van der Waals surface area contributed by atoms with Crippen molar-refractivity contribution in [3.63, 3.8) is 0 Å². The Morgan fingerprint density at radius 2 is 1.50 bits per heavy atom. The molecule has 0 spiro atoms. The molecule has 0 bridgehead atoms. The first-order valence-electron chi connectivity index (χ1n) is 4.68. The summed E-state index contributed by atoms with van der Waals surface area (Å²) in [6, 6.07) is 2.99. The maximum Gasteiger partial charge on any atom is 0.339 e. The second kappa shape index (κ2) is 5.50. The van der Waals surface area contributed by atoms with Crippen molar-refractivity contribution in [1.82, 2.24) is 0 Å². The van der Waals surface area contributed by atoms with Crippen molar-refractivity contribution in [2.75, 3.05) is 6.61 Å². The van der Waals surface area contributed by atoms with Gasteiger partial charge in [0, 0.05) is 0 Å². The Labute approximate surface area is 102 Å². The van der Waals surface area contributed by atoms with Crippen LogP contribution in [0, 0.1) is 12.3 Å². The highest BCUT2D eigenvalue weighted by Crippen LogP contribution is 2.12. The fourth-order valence-electron chi connectivity index (χ4n) is 1.18. The van der Waals surface area contributed by atoms with E-state index in [2.05, 4.69) is 10.7 Å². The molecular weight excluding hydrogens is 240 g/mol. The normalized spacial score (nSPS) is 9.28. The highest BCUT2D eigenvalue weighted by atomic mass is 16.5. The Hall–Kier alpha value is -2.81. The lowest BCUT2D eigenvalue weighted by Crippen LogP contribution is -2.10. The molecule has 0 saturated heterocycles. The molecule has 6 nitrogen and oxygen atoms in total. The first-order valence-corrected chi connectivity index (χ1v) is 4.68. The van der Waals surface area contributed by atoms with E-state index in [4.69, 9.17) is 16.6 Å². The monoisotopic (exact) mass is 248 g/mol. The zero-order valence-corrected chi connectivity index (χ0v) is 9.04. The summed E-state index contributed by atoms with van der Waals surface area (Å²) in [5, 5.41) is 17.6. The van der Waals surface area contributed by atoms with Crippen molar-refractivity contribution >= 4 is 17.9 Å². The molecule has 1 aromatic carbocycles. The zero-order chi connectivity index (χ0) is 13.7. The Morgan fingerprint density at radius 1 is 1.06 bits per heavy atom. The summed E-state index contributed by atoms with van der Waals surface area (Å²) in [6.07, 6.45) is 4.90. The highest BCUT2D eigenvalue weighted by Gasteiger charge is 2.15. The fraction of sp³-hybridized carbons (Fsp3) is 0.0833. The van der Waals surface area contributed by atoms with E-state index < -0.39 is 17.9 Å². The van der Waals surface area contributed by atoms with Crippen molar-refractivity contribution in [2.45, 2.75) is 0 Å². The zero-order valence-electron chi connectivity index (χ0n) is 9.04. The fourth-order valence-corrected chi connectivity index (χ4v) is 1.18. The number of rotatable bonds is 4. The molecule has 6 heteroatoms. The minimum absolute atomic E-state index is 0.178. The van der Waals surface area contributed by atoms with Gasteiger partial charge < -0.3 is 14.9 Å². The second-order valence-electron chi connectivity index (χ2n) is 3.19. The molecule has 0 unspecified atom stereocenters. The van der Waals surface area contributed by atoms with Gasteiger partial charge in [0.05, 0.1) is 16.7 Å². The number of hydrogen-bond donors (Lipinski definition) is 2. The lowest BCUT2D eigenvalue weighted by molar-refractivity contribution is 0.0556. The minimum atomic E-state index is -1.34.